The monoisotopic (exact) mass is 939 g/mol. The fraction of sp³-hybridized carbons (Fsp3) is 0.667. The normalized spacial score (nSPS) is 15.6. The molecule has 372 valence electrons. The summed E-state index contributed by atoms with van der Waals surface area (Å²) in [6.07, 6.45) is 8.20. The molecule has 3 aromatic rings. The lowest BCUT2D eigenvalue weighted by molar-refractivity contribution is -0.139. The number of hydrogen-bond acceptors (Lipinski definition) is 15. The van der Waals surface area contributed by atoms with E-state index in [-0.39, 0.29) is 48.9 Å². The molecule has 2 aliphatic heterocycles. The molecule has 2 saturated heterocycles. The van der Waals surface area contributed by atoms with Crippen LogP contribution in [0.15, 0.2) is 30.5 Å². The lowest BCUT2D eigenvalue weighted by atomic mass is 10.1. The van der Waals surface area contributed by atoms with Crippen LogP contribution in [0.5, 0.6) is 5.75 Å². The zero-order valence-corrected chi connectivity index (χ0v) is 40.0. The first-order valence-corrected chi connectivity index (χ1v) is 24.0. The van der Waals surface area contributed by atoms with Crippen molar-refractivity contribution in [1.82, 2.24) is 34.6 Å². The third kappa shape index (κ3) is 18.3. The number of benzene rings is 1. The van der Waals surface area contributed by atoms with Crippen molar-refractivity contribution in [2.45, 2.75) is 78.3 Å². The van der Waals surface area contributed by atoms with Gasteiger partial charge in [0, 0.05) is 76.3 Å². The van der Waals surface area contributed by atoms with Gasteiger partial charge in [-0.25, -0.2) is 9.97 Å². The number of carbonyl (C=O) groups is 4. The second kappa shape index (κ2) is 29.9. The standard InChI is InChI=1S/C48H74N8O11/c1-4-5-6-7-8-40-46-41(52-48(49)51-40)11-15-55(46)36-39-10-9-38(34-42(39)61-3)35-53-17-19-54(20-18-53)44(58)13-21-62-23-25-64-27-29-66-31-32-67-30-28-65-26-24-63-22-14-50-43(57)12-16-56-45(59)33-37(2)47(56)60/h9-11,15,34,37H,4-8,12-14,16-33,35-36H2,1-3H3,(H,50,57)(H2,49,51,52). The molecule has 0 saturated carbocycles. The van der Waals surface area contributed by atoms with Crippen LogP contribution in [-0.4, -0.2) is 179 Å². The Morgan fingerprint density at radius 3 is 2.03 bits per heavy atom. The van der Waals surface area contributed by atoms with Crippen molar-refractivity contribution in [3.63, 3.8) is 0 Å². The van der Waals surface area contributed by atoms with E-state index >= 15 is 0 Å². The summed E-state index contributed by atoms with van der Waals surface area (Å²) < 4.78 is 41.3. The van der Waals surface area contributed by atoms with E-state index in [0.717, 1.165) is 65.4 Å². The lowest BCUT2D eigenvalue weighted by Gasteiger charge is -2.35. The predicted octanol–water partition coefficient (Wildman–Crippen LogP) is 3.23. The summed E-state index contributed by atoms with van der Waals surface area (Å²) in [4.78, 5) is 63.1. The zero-order valence-electron chi connectivity index (χ0n) is 40.0. The minimum Gasteiger partial charge on any atom is -0.496 e. The first-order valence-electron chi connectivity index (χ1n) is 24.0. The van der Waals surface area contributed by atoms with Crippen LogP contribution in [0, 0.1) is 5.92 Å². The SMILES string of the molecule is CCCCCCc1nc(N)nc2ccn(Cc3ccc(CN4CCN(C(=O)CCOCCOCCOCCOCCOCCOCCNC(=O)CCN5C(=O)CC(C)C5=O)CC4)cc3OC)c12. The molecule has 0 spiro atoms. The molecular formula is C48H74N8O11. The number of unbranched alkanes of at least 4 members (excludes halogenated alkanes) is 3. The number of aromatic nitrogens is 3. The maximum atomic E-state index is 12.9. The summed E-state index contributed by atoms with van der Waals surface area (Å²) in [5.41, 5.74) is 11.2. The molecule has 2 aliphatic rings. The van der Waals surface area contributed by atoms with Gasteiger partial charge < -0.3 is 53.7 Å². The van der Waals surface area contributed by atoms with Crippen molar-refractivity contribution in [2.24, 2.45) is 5.92 Å². The number of hydrogen-bond donors (Lipinski definition) is 2. The van der Waals surface area contributed by atoms with Crippen LogP contribution in [0.25, 0.3) is 11.0 Å². The Morgan fingerprint density at radius 1 is 0.776 bits per heavy atom. The molecule has 2 fully saturated rings. The number of rotatable bonds is 34. The minimum atomic E-state index is -0.308. The number of ether oxygens (including phenoxy) is 7. The van der Waals surface area contributed by atoms with Crippen LogP contribution in [-0.2, 0) is 67.1 Å². The molecule has 67 heavy (non-hydrogen) atoms. The van der Waals surface area contributed by atoms with Crippen molar-refractivity contribution in [2.75, 3.05) is 131 Å². The second-order valence-corrected chi connectivity index (χ2v) is 16.8. The van der Waals surface area contributed by atoms with Crippen LogP contribution in [0.3, 0.4) is 0 Å². The van der Waals surface area contributed by atoms with Crippen LogP contribution in [0.4, 0.5) is 5.95 Å². The van der Waals surface area contributed by atoms with Crippen molar-refractivity contribution in [3.8, 4) is 5.75 Å². The van der Waals surface area contributed by atoms with Gasteiger partial charge in [0.25, 0.3) is 0 Å². The van der Waals surface area contributed by atoms with Crippen molar-refractivity contribution in [3.05, 3.63) is 47.3 Å². The van der Waals surface area contributed by atoms with Gasteiger partial charge in [0.1, 0.15) is 5.75 Å². The summed E-state index contributed by atoms with van der Waals surface area (Å²) >= 11 is 0. The number of piperazine rings is 1. The quantitative estimate of drug-likeness (QED) is 0.0651. The topological polar surface area (TPSA) is 211 Å². The first kappa shape index (κ1) is 53.2. The summed E-state index contributed by atoms with van der Waals surface area (Å²) in [7, 11) is 1.71. The van der Waals surface area contributed by atoms with E-state index in [1.807, 2.05) is 11.0 Å². The highest BCUT2D eigenvalue weighted by Crippen LogP contribution is 2.27. The smallest absolute Gasteiger partial charge is 0.232 e. The van der Waals surface area contributed by atoms with E-state index in [4.69, 9.17) is 38.9 Å². The highest BCUT2D eigenvalue weighted by molar-refractivity contribution is 6.03. The van der Waals surface area contributed by atoms with E-state index in [1.54, 1.807) is 14.0 Å². The van der Waals surface area contributed by atoms with Gasteiger partial charge in [-0.3, -0.25) is 29.0 Å². The Bertz CT molecular complexity index is 1980. The highest BCUT2D eigenvalue weighted by Gasteiger charge is 2.35. The molecule has 1 aromatic carbocycles. The molecule has 19 heteroatoms. The Kier molecular flexibility index (Phi) is 23.7. The summed E-state index contributed by atoms with van der Waals surface area (Å²) in [5, 5.41) is 2.72. The van der Waals surface area contributed by atoms with Gasteiger partial charge in [0.05, 0.1) is 116 Å². The number of methoxy groups -OCH3 is 1. The number of fused-ring (bicyclic) bond motifs is 1. The molecule has 0 bridgehead atoms. The second-order valence-electron chi connectivity index (χ2n) is 16.8. The van der Waals surface area contributed by atoms with Crippen LogP contribution < -0.4 is 15.8 Å². The van der Waals surface area contributed by atoms with E-state index in [1.165, 1.54) is 24.8 Å². The predicted molar refractivity (Wildman–Crippen MR) is 251 cm³/mol. The Morgan fingerprint density at radius 2 is 1.42 bits per heavy atom. The number of amides is 4. The average molecular weight is 939 g/mol. The van der Waals surface area contributed by atoms with Crippen LogP contribution in [0.1, 0.15) is 75.6 Å². The van der Waals surface area contributed by atoms with E-state index < -0.39 is 0 Å². The Hall–Kier alpha value is -4.76. The number of aryl methyl sites for hydroxylation is 1. The van der Waals surface area contributed by atoms with Crippen molar-refractivity contribution < 1.29 is 52.3 Å². The molecule has 4 heterocycles. The molecule has 0 radical (unpaired) electrons. The fourth-order valence-electron chi connectivity index (χ4n) is 8.01. The molecule has 0 aliphatic carbocycles. The number of nitrogens with two attached hydrogens (primary N) is 1. The van der Waals surface area contributed by atoms with Gasteiger partial charge in [-0.1, -0.05) is 45.2 Å². The van der Waals surface area contributed by atoms with Crippen LogP contribution >= 0.6 is 0 Å². The molecule has 2 aromatic heterocycles. The minimum absolute atomic E-state index is 0.0784. The van der Waals surface area contributed by atoms with Gasteiger partial charge in [0.15, 0.2) is 0 Å². The number of nitrogens with zero attached hydrogens (tertiary/aromatic N) is 6. The van der Waals surface area contributed by atoms with Gasteiger partial charge in [-0.15, -0.1) is 0 Å². The van der Waals surface area contributed by atoms with E-state index in [9.17, 15) is 19.2 Å². The van der Waals surface area contributed by atoms with Gasteiger partial charge in [-0.05, 0) is 30.5 Å². The summed E-state index contributed by atoms with van der Waals surface area (Å²) in [5.74, 6) is 0.288. The van der Waals surface area contributed by atoms with E-state index in [2.05, 4.69) is 56.1 Å². The molecular weight excluding hydrogens is 865 g/mol. The van der Waals surface area contributed by atoms with Crippen molar-refractivity contribution in [1.29, 1.82) is 0 Å². The third-order valence-electron chi connectivity index (χ3n) is 11.7. The molecule has 1 unspecified atom stereocenters. The Labute approximate surface area is 395 Å². The molecule has 1 atom stereocenters. The lowest BCUT2D eigenvalue weighted by Crippen LogP contribution is -2.48. The maximum absolute atomic E-state index is 12.9. The maximum Gasteiger partial charge on any atom is 0.232 e. The number of nitrogen functional groups attached to an aromatic ring is 1. The Balaban J connectivity index is 0.808. The summed E-state index contributed by atoms with van der Waals surface area (Å²) in [6.45, 7) is 13.7. The average Bonchev–Trinajstić information content (AvgIpc) is 3.84. The number of nitrogens with one attached hydrogen (secondary N) is 1. The first-order chi connectivity index (χ1) is 32.7. The van der Waals surface area contributed by atoms with Gasteiger partial charge in [-0.2, -0.15) is 0 Å². The molecule has 5 rings (SSSR count). The van der Waals surface area contributed by atoms with Gasteiger partial charge in [0.2, 0.25) is 29.6 Å². The summed E-state index contributed by atoms with van der Waals surface area (Å²) in [6, 6.07) is 8.44. The third-order valence-corrected chi connectivity index (χ3v) is 11.7. The molecule has 19 nitrogen and oxygen atoms in total. The molecule has 3 N–H and O–H groups in total. The largest absolute Gasteiger partial charge is 0.496 e. The number of imide groups is 1. The number of anilines is 1. The number of carbonyl (C=O) groups excluding carboxylic acids is 4. The van der Waals surface area contributed by atoms with E-state index in [0.29, 0.717) is 118 Å². The fourth-order valence-corrected chi connectivity index (χ4v) is 8.01. The molecule has 4 amide bonds. The van der Waals surface area contributed by atoms with Gasteiger partial charge >= 0.3 is 0 Å². The van der Waals surface area contributed by atoms with Crippen molar-refractivity contribution >= 4 is 40.6 Å². The zero-order chi connectivity index (χ0) is 47.6. The number of likely N-dealkylation sites (tertiary alicyclic amines) is 1. The highest BCUT2D eigenvalue weighted by atomic mass is 16.6. The van der Waals surface area contributed by atoms with Crippen LogP contribution in [0.2, 0.25) is 0 Å².